The van der Waals surface area contributed by atoms with Crippen molar-refractivity contribution in [3.8, 4) is 0 Å². The van der Waals surface area contributed by atoms with Crippen LogP contribution in [0.3, 0.4) is 0 Å². The molecule has 11 nitrogen and oxygen atoms in total. The fourth-order valence-corrected chi connectivity index (χ4v) is 6.06. The third-order valence-electron chi connectivity index (χ3n) is 8.17. The van der Waals surface area contributed by atoms with Crippen molar-refractivity contribution in [1.29, 1.82) is 5.41 Å². The van der Waals surface area contributed by atoms with Gasteiger partial charge in [-0.2, -0.15) is 0 Å². The molecule has 2 aromatic rings. The maximum absolute atomic E-state index is 14.1. The highest BCUT2D eigenvalue weighted by molar-refractivity contribution is 6.05. The van der Waals surface area contributed by atoms with E-state index in [9.17, 15) is 14.4 Å². The number of carbonyl (C=O) groups is 3. The van der Waals surface area contributed by atoms with Crippen LogP contribution in [-0.4, -0.2) is 83.3 Å². The molecule has 2 atom stereocenters. The highest BCUT2D eigenvalue weighted by Crippen LogP contribution is 2.38. The van der Waals surface area contributed by atoms with Crippen LogP contribution >= 0.6 is 0 Å². The zero-order valence-electron chi connectivity index (χ0n) is 23.7. The molecule has 0 spiro atoms. The number of furan rings is 1. The molecule has 2 fully saturated rings. The molecule has 5 rings (SSSR count). The third kappa shape index (κ3) is 5.79. The normalized spacial score (nSPS) is 21.4. The first-order valence-corrected chi connectivity index (χ1v) is 14.2. The third-order valence-corrected chi connectivity index (χ3v) is 8.17. The zero-order valence-corrected chi connectivity index (χ0v) is 23.7. The Morgan fingerprint density at radius 2 is 1.88 bits per heavy atom. The molecule has 3 amide bonds. The number of rotatable bonds is 6. The SMILES string of the molecule is C=C1c2ccccc2N2C(=O)[C@@H](NC(=O)CC(C)C)CN(C(=O)c3ccco3)C2CN1CC1CCN(C(=N)N)CC1. The minimum atomic E-state index is -0.903. The molecule has 3 aliphatic heterocycles. The highest BCUT2D eigenvalue weighted by Gasteiger charge is 2.47. The van der Waals surface area contributed by atoms with Crippen molar-refractivity contribution >= 4 is 35.1 Å². The van der Waals surface area contributed by atoms with Crippen molar-refractivity contribution in [2.45, 2.75) is 45.3 Å². The van der Waals surface area contributed by atoms with Gasteiger partial charge in [0.15, 0.2) is 11.7 Å². The summed E-state index contributed by atoms with van der Waals surface area (Å²) < 4.78 is 5.48. The second kappa shape index (κ2) is 11.7. The number of fused-ring (bicyclic) bond motifs is 3. The Morgan fingerprint density at radius 3 is 2.54 bits per heavy atom. The lowest BCUT2D eigenvalue weighted by Gasteiger charge is -2.47. The van der Waals surface area contributed by atoms with E-state index >= 15 is 0 Å². The number of hydrogen-bond acceptors (Lipinski definition) is 6. The van der Waals surface area contributed by atoms with Crippen LogP contribution in [0.1, 0.15) is 49.2 Å². The maximum atomic E-state index is 14.1. The van der Waals surface area contributed by atoms with Crippen LogP contribution in [-0.2, 0) is 9.59 Å². The number of amides is 3. The molecular weight excluding hydrogens is 522 g/mol. The fraction of sp³-hybridized carbons (Fsp3) is 0.467. The van der Waals surface area contributed by atoms with Crippen molar-refractivity contribution in [2.24, 2.45) is 17.6 Å². The van der Waals surface area contributed by atoms with Gasteiger partial charge in [0.1, 0.15) is 12.2 Å². The van der Waals surface area contributed by atoms with Gasteiger partial charge in [0.05, 0.1) is 25.0 Å². The topological polar surface area (TPSA) is 139 Å². The molecule has 1 aromatic heterocycles. The predicted octanol–water partition coefficient (Wildman–Crippen LogP) is 2.52. The van der Waals surface area contributed by atoms with E-state index in [4.69, 9.17) is 15.6 Å². The zero-order chi connectivity index (χ0) is 29.3. The first-order valence-electron chi connectivity index (χ1n) is 14.2. The van der Waals surface area contributed by atoms with Gasteiger partial charge in [-0.3, -0.25) is 24.7 Å². The standard InChI is InChI=1S/C30H39N7O4/c1-19(2)15-26(38)33-23-17-36(29(40)25-9-6-14-41-25)27-18-35(16-21-10-12-34(13-11-21)30(31)32)20(3)22-7-4-5-8-24(22)37(27)28(23)39/h4-9,14,19,21,23,27H,3,10-13,15-18H2,1-2H3,(H3,31,32)(H,33,38)/t23-,27?/m0/s1. The number of hydrogen-bond donors (Lipinski definition) is 3. The van der Waals surface area contributed by atoms with E-state index in [-0.39, 0.29) is 48.3 Å². The van der Waals surface area contributed by atoms with Crippen LogP contribution in [0, 0.1) is 17.2 Å². The molecule has 0 bridgehead atoms. The molecule has 0 aliphatic carbocycles. The summed E-state index contributed by atoms with van der Waals surface area (Å²) >= 11 is 0. The van der Waals surface area contributed by atoms with E-state index in [0.717, 1.165) is 24.1 Å². The molecule has 4 heterocycles. The summed E-state index contributed by atoms with van der Waals surface area (Å²) in [5.41, 5.74) is 7.95. The second-order valence-corrected chi connectivity index (χ2v) is 11.5. The van der Waals surface area contributed by atoms with Gasteiger partial charge in [-0.1, -0.05) is 38.6 Å². The summed E-state index contributed by atoms with van der Waals surface area (Å²) in [7, 11) is 0. The average Bonchev–Trinajstić information content (AvgIpc) is 3.45. The van der Waals surface area contributed by atoms with Gasteiger partial charge in [-0.05, 0) is 42.9 Å². The molecule has 41 heavy (non-hydrogen) atoms. The molecule has 218 valence electrons. The summed E-state index contributed by atoms with van der Waals surface area (Å²) in [6.07, 6.45) is 2.83. The molecule has 2 saturated heterocycles. The van der Waals surface area contributed by atoms with E-state index in [1.807, 2.05) is 43.0 Å². The molecular formula is C30H39N7O4. The lowest BCUT2D eigenvalue weighted by molar-refractivity contribution is -0.130. The van der Waals surface area contributed by atoms with E-state index in [2.05, 4.69) is 16.8 Å². The minimum Gasteiger partial charge on any atom is -0.459 e. The molecule has 1 aromatic carbocycles. The Kier molecular flexibility index (Phi) is 8.05. The van der Waals surface area contributed by atoms with Gasteiger partial charge in [0, 0.05) is 37.3 Å². The first-order chi connectivity index (χ1) is 19.6. The number of para-hydroxylation sites is 1. The van der Waals surface area contributed by atoms with Crippen molar-refractivity contribution in [1.82, 2.24) is 20.0 Å². The smallest absolute Gasteiger partial charge is 0.291 e. The monoisotopic (exact) mass is 561 g/mol. The highest BCUT2D eigenvalue weighted by atomic mass is 16.3. The number of piperidine rings is 1. The summed E-state index contributed by atoms with van der Waals surface area (Å²) in [4.78, 5) is 48.1. The van der Waals surface area contributed by atoms with Crippen molar-refractivity contribution in [3.63, 3.8) is 0 Å². The van der Waals surface area contributed by atoms with Crippen LogP contribution in [0.2, 0.25) is 0 Å². The predicted molar refractivity (Wildman–Crippen MR) is 156 cm³/mol. The number of anilines is 1. The number of likely N-dealkylation sites (tertiary alicyclic amines) is 1. The lowest BCUT2D eigenvalue weighted by atomic mass is 9.95. The van der Waals surface area contributed by atoms with Crippen LogP contribution in [0.15, 0.2) is 53.7 Å². The number of benzene rings is 1. The summed E-state index contributed by atoms with van der Waals surface area (Å²) in [5, 5.41) is 10.6. The van der Waals surface area contributed by atoms with Crippen molar-refractivity contribution in [3.05, 3.63) is 60.6 Å². The van der Waals surface area contributed by atoms with Gasteiger partial charge in [-0.25, -0.2) is 0 Å². The van der Waals surface area contributed by atoms with Crippen LogP contribution < -0.4 is 16.0 Å². The van der Waals surface area contributed by atoms with Gasteiger partial charge in [0.25, 0.3) is 11.8 Å². The molecule has 0 saturated carbocycles. The van der Waals surface area contributed by atoms with E-state index in [1.54, 1.807) is 21.9 Å². The van der Waals surface area contributed by atoms with Crippen LogP contribution in [0.25, 0.3) is 5.70 Å². The van der Waals surface area contributed by atoms with E-state index in [0.29, 0.717) is 37.8 Å². The first kappa shape index (κ1) is 28.3. The molecule has 3 aliphatic rings. The number of nitrogens with zero attached hydrogens (tertiary/aromatic N) is 4. The fourth-order valence-electron chi connectivity index (χ4n) is 6.06. The average molecular weight is 562 g/mol. The summed E-state index contributed by atoms with van der Waals surface area (Å²) in [5.74, 6) is -0.111. The second-order valence-electron chi connectivity index (χ2n) is 11.5. The Morgan fingerprint density at radius 1 is 1.15 bits per heavy atom. The number of nitrogens with two attached hydrogens (primary N) is 1. The summed E-state index contributed by atoms with van der Waals surface area (Å²) in [6.45, 7) is 10.8. The minimum absolute atomic E-state index is 0.0306. The number of guanidine groups is 1. The molecule has 11 heteroatoms. The van der Waals surface area contributed by atoms with Crippen LogP contribution in [0.5, 0.6) is 0 Å². The number of nitrogens with one attached hydrogen (secondary N) is 2. The molecule has 4 N–H and O–H groups in total. The number of carbonyl (C=O) groups excluding carboxylic acids is 3. The summed E-state index contributed by atoms with van der Waals surface area (Å²) in [6, 6.07) is 9.96. The van der Waals surface area contributed by atoms with E-state index < -0.39 is 12.2 Å². The quantitative estimate of drug-likeness (QED) is 0.364. The Balaban J connectivity index is 1.50. The molecule has 1 unspecified atom stereocenters. The van der Waals surface area contributed by atoms with Gasteiger partial charge >= 0.3 is 0 Å². The van der Waals surface area contributed by atoms with Gasteiger partial charge in [0.2, 0.25) is 5.91 Å². The Labute approximate surface area is 240 Å². The molecule has 0 radical (unpaired) electrons. The van der Waals surface area contributed by atoms with Crippen LogP contribution in [0.4, 0.5) is 5.69 Å². The van der Waals surface area contributed by atoms with E-state index in [1.165, 1.54) is 6.26 Å². The Bertz CT molecular complexity index is 1320. The van der Waals surface area contributed by atoms with Gasteiger partial charge < -0.3 is 30.2 Å². The lowest BCUT2D eigenvalue weighted by Crippen LogP contribution is -2.69. The van der Waals surface area contributed by atoms with Gasteiger partial charge in [-0.15, -0.1) is 0 Å². The Hall–Kier alpha value is -4.28. The van der Waals surface area contributed by atoms with Crippen molar-refractivity contribution < 1.29 is 18.8 Å². The van der Waals surface area contributed by atoms with Crippen molar-refractivity contribution in [2.75, 3.05) is 37.6 Å². The maximum Gasteiger partial charge on any atom is 0.291 e. The largest absolute Gasteiger partial charge is 0.459 e.